The van der Waals surface area contributed by atoms with Crippen LogP contribution in [0.4, 0.5) is 10.5 Å². The molecule has 0 aromatic heterocycles. The van der Waals surface area contributed by atoms with E-state index in [-0.39, 0.29) is 0 Å². The minimum absolute atomic E-state index is 0.636. The van der Waals surface area contributed by atoms with Gasteiger partial charge in [-0.15, -0.1) is 0 Å². The largest absolute Gasteiger partial charge is 0.497 e. The molecule has 0 atom stereocenters. The van der Waals surface area contributed by atoms with Crippen LogP contribution in [0.5, 0.6) is 5.75 Å². The lowest BCUT2D eigenvalue weighted by molar-refractivity contribution is 0.167. The first-order valence-corrected chi connectivity index (χ1v) is 6.39. The van der Waals surface area contributed by atoms with Crippen LogP contribution in [0, 0.1) is 6.92 Å². The zero-order valence-electron chi connectivity index (χ0n) is 11.9. The predicted octanol–water partition coefficient (Wildman–Crippen LogP) is 3.59. The van der Waals surface area contributed by atoms with E-state index in [1.807, 2.05) is 31.2 Å². The number of rotatable bonds is 4. The first kappa shape index (κ1) is 14.6. The molecule has 2 rings (SSSR count). The van der Waals surface area contributed by atoms with Gasteiger partial charge in [0.2, 0.25) is 0 Å². The van der Waals surface area contributed by atoms with Gasteiger partial charge in [0.1, 0.15) is 5.75 Å². The van der Waals surface area contributed by atoms with E-state index < -0.39 is 6.09 Å². The van der Waals surface area contributed by atoms with Crippen LogP contribution in [0.3, 0.4) is 0 Å². The van der Waals surface area contributed by atoms with Gasteiger partial charge in [0, 0.05) is 5.69 Å². The van der Waals surface area contributed by atoms with Gasteiger partial charge in [-0.1, -0.05) is 22.9 Å². The fourth-order valence-electron chi connectivity index (χ4n) is 1.60. The predicted molar refractivity (Wildman–Crippen MR) is 81.9 cm³/mol. The summed E-state index contributed by atoms with van der Waals surface area (Å²) in [5, 5.41) is 6.21. The van der Waals surface area contributed by atoms with E-state index in [0.29, 0.717) is 5.69 Å². The zero-order chi connectivity index (χ0) is 15.1. The van der Waals surface area contributed by atoms with Crippen LogP contribution in [-0.4, -0.2) is 19.4 Å². The third kappa shape index (κ3) is 4.65. The maximum absolute atomic E-state index is 11.5. The summed E-state index contributed by atoms with van der Waals surface area (Å²) in [5.74, 6) is 0.755. The van der Waals surface area contributed by atoms with Crippen LogP contribution in [-0.2, 0) is 4.84 Å². The number of carbonyl (C=O) groups excluding carboxylic acids is 1. The molecule has 108 valence electrons. The SMILES string of the molecule is COc1ccc(/C=N/OC(=O)Nc2ccc(C)cc2)cc1. The number of carbonyl (C=O) groups is 1. The molecular formula is C16H16N2O3. The second-order valence-electron chi connectivity index (χ2n) is 4.38. The maximum Gasteiger partial charge on any atom is 0.437 e. The van der Waals surface area contributed by atoms with Gasteiger partial charge in [-0.3, -0.25) is 10.2 Å². The van der Waals surface area contributed by atoms with Crippen molar-refractivity contribution in [3.8, 4) is 5.75 Å². The molecule has 0 fully saturated rings. The van der Waals surface area contributed by atoms with Crippen molar-refractivity contribution >= 4 is 18.0 Å². The summed E-state index contributed by atoms with van der Waals surface area (Å²) in [7, 11) is 1.60. The molecule has 0 aliphatic rings. The zero-order valence-corrected chi connectivity index (χ0v) is 11.9. The van der Waals surface area contributed by atoms with Crippen LogP contribution in [0.2, 0.25) is 0 Å². The number of methoxy groups -OCH3 is 1. The van der Waals surface area contributed by atoms with E-state index in [4.69, 9.17) is 9.57 Å². The third-order valence-electron chi connectivity index (χ3n) is 2.75. The van der Waals surface area contributed by atoms with Gasteiger partial charge >= 0.3 is 6.09 Å². The van der Waals surface area contributed by atoms with E-state index in [1.54, 1.807) is 31.4 Å². The molecule has 1 amide bonds. The molecule has 0 aliphatic carbocycles. The highest BCUT2D eigenvalue weighted by atomic mass is 16.7. The lowest BCUT2D eigenvalue weighted by Crippen LogP contribution is -2.10. The Morgan fingerprint density at radius 2 is 1.76 bits per heavy atom. The molecule has 0 radical (unpaired) electrons. The number of hydrogen-bond acceptors (Lipinski definition) is 4. The minimum atomic E-state index is -0.636. The normalized spacial score (nSPS) is 10.4. The number of aryl methyl sites for hydroxylation is 1. The number of nitrogens with zero attached hydrogens (tertiary/aromatic N) is 1. The second-order valence-corrected chi connectivity index (χ2v) is 4.38. The molecule has 5 nitrogen and oxygen atoms in total. The first-order chi connectivity index (χ1) is 10.2. The van der Waals surface area contributed by atoms with Gasteiger partial charge in [0.15, 0.2) is 0 Å². The summed E-state index contributed by atoms with van der Waals surface area (Å²) < 4.78 is 5.05. The number of nitrogens with one attached hydrogen (secondary N) is 1. The molecular weight excluding hydrogens is 268 g/mol. The Kier molecular flexibility index (Phi) is 4.93. The maximum atomic E-state index is 11.5. The van der Waals surface area contributed by atoms with E-state index >= 15 is 0 Å². The lowest BCUT2D eigenvalue weighted by atomic mass is 10.2. The van der Waals surface area contributed by atoms with Crippen molar-refractivity contribution in [2.45, 2.75) is 6.92 Å². The van der Waals surface area contributed by atoms with E-state index in [0.717, 1.165) is 16.9 Å². The van der Waals surface area contributed by atoms with Crippen LogP contribution >= 0.6 is 0 Å². The van der Waals surface area contributed by atoms with Gasteiger partial charge in [-0.05, 0) is 48.9 Å². The van der Waals surface area contributed by atoms with E-state index in [2.05, 4.69) is 10.5 Å². The Morgan fingerprint density at radius 3 is 2.38 bits per heavy atom. The molecule has 0 saturated heterocycles. The summed E-state index contributed by atoms with van der Waals surface area (Å²) >= 11 is 0. The molecule has 0 heterocycles. The molecule has 0 aliphatic heterocycles. The molecule has 2 aromatic rings. The Bertz CT molecular complexity index is 619. The lowest BCUT2D eigenvalue weighted by Gasteiger charge is -2.02. The number of anilines is 1. The first-order valence-electron chi connectivity index (χ1n) is 6.39. The molecule has 0 bridgehead atoms. The highest BCUT2D eigenvalue weighted by Crippen LogP contribution is 2.10. The fraction of sp³-hybridized carbons (Fsp3) is 0.125. The average Bonchev–Trinajstić information content (AvgIpc) is 2.50. The van der Waals surface area contributed by atoms with Crippen molar-refractivity contribution in [2.24, 2.45) is 5.16 Å². The van der Waals surface area contributed by atoms with Crippen molar-refractivity contribution in [3.63, 3.8) is 0 Å². The van der Waals surface area contributed by atoms with E-state index in [9.17, 15) is 4.79 Å². The number of ether oxygens (including phenoxy) is 1. The van der Waals surface area contributed by atoms with Crippen LogP contribution < -0.4 is 10.1 Å². The van der Waals surface area contributed by atoms with Crippen LogP contribution in [0.15, 0.2) is 53.7 Å². The monoisotopic (exact) mass is 284 g/mol. The van der Waals surface area contributed by atoms with Crippen LogP contribution in [0.25, 0.3) is 0 Å². The highest BCUT2D eigenvalue weighted by Gasteiger charge is 2.01. The van der Waals surface area contributed by atoms with E-state index in [1.165, 1.54) is 6.21 Å². The number of oxime groups is 1. The summed E-state index contributed by atoms with van der Waals surface area (Å²) in [4.78, 5) is 16.2. The van der Waals surface area contributed by atoms with Gasteiger partial charge in [-0.2, -0.15) is 0 Å². The minimum Gasteiger partial charge on any atom is -0.497 e. The highest BCUT2D eigenvalue weighted by molar-refractivity contribution is 5.85. The van der Waals surface area contributed by atoms with Gasteiger partial charge in [0.05, 0.1) is 13.3 Å². The summed E-state index contributed by atoms with van der Waals surface area (Å²) in [6.07, 6.45) is 0.817. The summed E-state index contributed by atoms with van der Waals surface area (Å²) in [6.45, 7) is 1.97. The summed E-state index contributed by atoms with van der Waals surface area (Å²) in [6, 6.07) is 14.6. The molecule has 5 heteroatoms. The number of amides is 1. The van der Waals surface area contributed by atoms with Gasteiger partial charge in [-0.25, -0.2) is 4.79 Å². The van der Waals surface area contributed by atoms with Crippen molar-refractivity contribution in [1.82, 2.24) is 0 Å². The van der Waals surface area contributed by atoms with Crippen molar-refractivity contribution in [3.05, 3.63) is 59.7 Å². The topological polar surface area (TPSA) is 59.9 Å². The average molecular weight is 284 g/mol. The smallest absolute Gasteiger partial charge is 0.437 e. The molecule has 0 unspecified atom stereocenters. The fourth-order valence-corrected chi connectivity index (χ4v) is 1.60. The van der Waals surface area contributed by atoms with Crippen molar-refractivity contribution in [1.29, 1.82) is 0 Å². The standard InChI is InChI=1S/C16H16N2O3/c1-12-3-7-14(8-4-12)18-16(19)21-17-11-13-5-9-15(20-2)10-6-13/h3-11H,1-2H3,(H,18,19)/b17-11+. The Morgan fingerprint density at radius 1 is 1.10 bits per heavy atom. The third-order valence-corrected chi connectivity index (χ3v) is 2.75. The molecule has 1 N–H and O–H groups in total. The Balaban J connectivity index is 1.85. The second kappa shape index (κ2) is 7.09. The molecule has 0 spiro atoms. The quantitative estimate of drug-likeness (QED) is 0.530. The van der Waals surface area contributed by atoms with Crippen molar-refractivity contribution < 1.29 is 14.4 Å². The number of benzene rings is 2. The molecule has 2 aromatic carbocycles. The van der Waals surface area contributed by atoms with Crippen LogP contribution in [0.1, 0.15) is 11.1 Å². The number of hydrogen-bond donors (Lipinski definition) is 1. The van der Waals surface area contributed by atoms with Gasteiger partial charge in [0.25, 0.3) is 0 Å². The Labute approximate surface area is 123 Å². The molecule has 0 saturated carbocycles. The van der Waals surface area contributed by atoms with Crippen molar-refractivity contribution in [2.75, 3.05) is 12.4 Å². The summed E-state index contributed by atoms with van der Waals surface area (Å²) in [5.41, 5.74) is 2.58. The molecule has 21 heavy (non-hydrogen) atoms. The van der Waals surface area contributed by atoms with Gasteiger partial charge < -0.3 is 4.74 Å². The Hall–Kier alpha value is -2.82.